The average molecular weight is 419 g/mol. The minimum absolute atomic E-state index is 0.119. The third kappa shape index (κ3) is 2.99. The van der Waals surface area contributed by atoms with E-state index in [1.807, 2.05) is 45.3 Å². The Balaban J connectivity index is 1.80. The van der Waals surface area contributed by atoms with Gasteiger partial charge in [-0.05, 0) is 43.8 Å². The van der Waals surface area contributed by atoms with Gasteiger partial charge in [0.05, 0.1) is 35.4 Å². The summed E-state index contributed by atoms with van der Waals surface area (Å²) in [6, 6.07) is 9.85. The van der Waals surface area contributed by atoms with Crippen molar-refractivity contribution in [2.24, 2.45) is 0 Å². The first-order chi connectivity index (χ1) is 14.8. The highest BCUT2D eigenvalue weighted by Gasteiger charge is 2.39. The van der Waals surface area contributed by atoms with Gasteiger partial charge in [0.2, 0.25) is 0 Å². The van der Waals surface area contributed by atoms with E-state index in [0.29, 0.717) is 29.8 Å². The van der Waals surface area contributed by atoms with Crippen molar-refractivity contribution in [1.82, 2.24) is 14.5 Å². The lowest BCUT2D eigenvalue weighted by atomic mass is 9.85. The van der Waals surface area contributed by atoms with E-state index in [-0.39, 0.29) is 18.6 Å². The molecule has 7 nitrogen and oxygen atoms in total. The minimum Gasteiger partial charge on any atom is -0.460 e. The maximum absolute atomic E-state index is 13.5. The minimum atomic E-state index is -1.43. The van der Waals surface area contributed by atoms with Crippen molar-refractivity contribution in [2.45, 2.75) is 45.1 Å². The molecule has 1 N–H and O–H groups in total. The van der Waals surface area contributed by atoms with E-state index in [1.165, 1.54) is 0 Å². The topological polar surface area (TPSA) is 84.7 Å². The number of carbonyl (C=O) groups is 1. The van der Waals surface area contributed by atoms with Crippen molar-refractivity contribution < 1.29 is 14.6 Å². The van der Waals surface area contributed by atoms with Crippen LogP contribution in [-0.4, -0.2) is 39.6 Å². The Morgan fingerprint density at radius 3 is 2.74 bits per heavy atom. The van der Waals surface area contributed by atoms with Crippen molar-refractivity contribution in [2.75, 3.05) is 14.1 Å². The first-order valence-corrected chi connectivity index (χ1v) is 10.5. The molecule has 2 aliphatic heterocycles. The van der Waals surface area contributed by atoms with Gasteiger partial charge in [0.15, 0.2) is 0 Å². The van der Waals surface area contributed by atoms with Crippen LogP contribution in [0.2, 0.25) is 0 Å². The predicted molar refractivity (Wildman–Crippen MR) is 117 cm³/mol. The molecule has 5 rings (SSSR count). The summed E-state index contributed by atoms with van der Waals surface area (Å²) in [5.41, 5.74) is 3.69. The number of esters is 1. The number of benzene rings is 1. The van der Waals surface area contributed by atoms with Crippen LogP contribution >= 0.6 is 0 Å². The molecule has 0 amide bonds. The summed E-state index contributed by atoms with van der Waals surface area (Å²) in [6.45, 7) is 2.83. The fourth-order valence-electron chi connectivity index (χ4n) is 4.81. The molecule has 160 valence electrons. The molecule has 2 aromatic heterocycles. The van der Waals surface area contributed by atoms with Gasteiger partial charge in [-0.3, -0.25) is 9.59 Å². The number of hydrogen-bond acceptors (Lipinski definition) is 6. The lowest BCUT2D eigenvalue weighted by Crippen LogP contribution is -2.32. The van der Waals surface area contributed by atoms with Crippen LogP contribution in [0.1, 0.15) is 42.0 Å². The summed E-state index contributed by atoms with van der Waals surface area (Å²) in [5.74, 6) is -0.497. The molecule has 0 spiro atoms. The van der Waals surface area contributed by atoms with E-state index in [0.717, 1.165) is 34.3 Å². The second-order valence-electron chi connectivity index (χ2n) is 8.71. The zero-order valence-electron chi connectivity index (χ0n) is 17.9. The number of aromatic nitrogens is 2. The Morgan fingerprint density at radius 1 is 1.23 bits per heavy atom. The number of para-hydroxylation sites is 1. The molecule has 0 radical (unpaired) electrons. The van der Waals surface area contributed by atoms with Crippen LogP contribution in [0.15, 0.2) is 35.1 Å². The van der Waals surface area contributed by atoms with Crippen LogP contribution in [0.4, 0.5) is 0 Å². The van der Waals surface area contributed by atoms with Gasteiger partial charge in [-0.25, -0.2) is 4.98 Å². The van der Waals surface area contributed by atoms with Gasteiger partial charge in [0, 0.05) is 17.5 Å². The molecular weight excluding hydrogens is 394 g/mol. The number of hydrogen-bond donors (Lipinski definition) is 1. The van der Waals surface area contributed by atoms with E-state index in [2.05, 4.69) is 11.0 Å². The second-order valence-corrected chi connectivity index (χ2v) is 8.71. The molecule has 0 saturated heterocycles. The zero-order valence-corrected chi connectivity index (χ0v) is 17.9. The van der Waals surface area contributed by atoms with Crippen LogP contribution in [0.5, 0.6) is 0 Å². The lowest BCUT2D eigenvalue weighted by Gasteiger charge is -2.26. The Hall–Kier alpha value is -3.03. The number of aliphatic hydroxyl groups is 1. The smallest absolute Gasteiger partial charge is 0.309 e. The largest absolute Gasteiger partial charge is 0.460 e. The molecule has 0 bridgehead atoms. The van der Waals surface area contributed by atoms with Crippen molar-refractivity contribution >= 4 is 16.9 Å². The summed E-state index contributed by atoms with van der Waals surface area (Å²) < 4.78 is 6.95. The van der Waals surface area contributed by atoms with Gasteiger partial charge in [-0.1, -0.05) is 25.1 Å². The number of nitrogens with zero attached hydrogens (tertiary/aromatic N) is 3. The van der Waals surface area contributed by atoms with E-state index in [4.69, 9.17) is 9.72 Å². The monoisotopic (exact) mass is 419 g/mol. The SMILES string of the molecule is CCC1(O)CC(=O)OCc2c1cc1n(c2=O)Cc2c-1nc1ccccc1c2CN(C)C. The van der Waals surface area contributed by atoms with Crippen molar-refractivity contribution in [3.63, 3.8) is 0 Å². The molecule has 1 aromatic carbocycles. The highest BCUT2D eigenvalue weighted by Crippen LogP contribution is 2.40. The molecular formula is C24H25N3O4. The number of rotatable bonds is 3. The number of cyclic esters (lactones) is 1. The summed E-state index contributed by atoms with van der Waals surface area (Å²) in [5, 5.41) is 12.3. The summed E-state index contributed by atoms with van der Waals surface area (Å²) in [4.78, 5) is 32.6. The fraction of sp³-hybridized carbons (Fsp3) is 0.375. The van der Waals surface area contributed by atoms with Crippen molar-refractivity contribution in [3.8, 4) is 11.4 Å². The Labute approximate surface area is 179 Å². The normalized spacial score (nSPS) is 19.7. The quantitative estimate of drug-likeness (QED) is 0.514. The number of ether oxygens (including phenoxy) is 1. The van der Waals surface area contributed by atoms with Gasteiger partial charge >= 0.3 is 5.97 Å². The molecule has 1 unspecified atom stereocenters. The van der Waals surface area contributed by atoms with Crippen LogP contribution in [-0.2, 0) is 34.8 Å². The van der Waals surface area contributed by atoms with Gasteiger partial charge in [0.1, 0.15) is 12.2 Å². The van der Waals surface area contributed by atoms with Gasteiger partial charge in [0.25, 0.3) is 5.56 Å². The molecule has 7 heteroatoms. The van der Waals surface area contributed by atoms with Crippen LogP contribution in [0, 0.1) is 0 Å². The molecule has 0 aliphatic carbocycles. The number of carbonyl (C=O) groups excluding carboxylic acids is 1. The molecule has 0 fully saturated rings. The highest BCUT2D eigenvalue weighted by atomic mass is 16.5. The Morgan fingerprint density at radius 2 is 2.00 bits per heavy atom. The van der Waals surface area contributed by atoms with Gasteiger partial charge in [-0.15, -0.1) is 0 Å². The first-order valence-electron chi connectivity index (χ1n) is 10.5. The van der Waals surface area contributed by atoms with Crippen LogP contribution < -0.4 is 5.56 Å². The Bertz CT molecular complexity index is 1290. The molecule has 1 atom stereocenters. The summed E-state index contributed by atoms with van der Waals surface area (Å²) in [7, 11) is 4.04. The van der Waals surface area contributed by atoms with Crippen molar-refractivity contribution in [3.05, 3.63) is 62.9 Å². The highest BCUT2D eigenvalue weighted by molar-refractivity contribution is 5.88. The van der Waals surface area contributed by atoms with E-state index in [1.54, 1.807) is 4.57 Å². The lowest BCUT2D eigenvalue weighted by molar-refractivity contribution is -0.149. The van der Waals surface area contributed by atoms with Crippen molar-refractivity contribution in [1.29, 1.82) is 0 Å². The molecule has 2 aliphatic rings. The molecule has 4 heterocycles. The third-order valence-corrected chi connectivity index (χ3v) is 6.45. The predicted octanol–water partition coefficient (Wildman–Crippen LogP) is 2.53. The van der Waals surface area contributed by atoms with Gasteiger partial charge < -0.3 is 19.3 Å². The van der Waals surface area contributed by atoms with E-state index < -0.39 is 11.6 Å². The molecule has 31 heavy (non-hydrogen) atoms. The van der Waals surface area contributed by atoms with Crippen LogP contribution in [0.3, 0.4) is 0 Å². The third-order valence-electron chi connectivity index (χ3n) is 6.45. The second kappa shape index (κ2) is 7.00. The van der Waals surface area contributed by atoms with E-state index in [9.17, 15) is 14.7 Å². The maximum Gasteiger partial charge on any atom is 0.309 e. The zero-order chi connectivity index (χ0) is 21.9. The summed E-state index contributed by atoms with van der Waals surface area (Å²) in [6.07, 6.45) is 0.144. The maximum atomic E-state index is 13.5. The van der Waals surface area contributed by atoms with E-state index >= 15 is 0 Å². The number of fused-ring (bicyclic) bond motifs is 5. The standard InChI is InChI=1S/C24H25N3O4/c1-4-24(30)10-21(28)31-13-17-18(24)9-20-22-16(12-27(20)23(17)29)15(11-26(2)3)14-7-5-6-8-19(14)25-22/h5-9,30H,4,10-13H2,1-3H3. The molecule has 3 aromatic rings. The summed E-state index contributed by atoms with van der Waals surface area (Å²) >= 11 is 0. The van der Waals surface area contributed by atoms with Crippen LogP contribution in [0.25, 0.3) is 22.3 Å². The fourth-order valence-corrected chi connectivity index (χ4v) is 4.81. The van der Waals surface area contributed by atoms with Gasteiger partial charge in [-0.2, -0.15) is 0 Å². The first kappa shape index (κ1) is 19.9. The Kier molecular flexibility index (Phi) is 4.50. The molecule has 0 saturated carbocycles. The number of pyridine rings is 2. The average Bonchev–Trinajstić information content (AvgIpc) is 3.04.